The van der Waals surface area contributed by atoms with E-state index in [2.05, 4.69) is 18.7 Å². The molecule has 0 aliphatic carbocycles. The van der Waals surface area contributed by atoms with Gasteiger partial charge in [0.25, 0.3) is 0 Å². The molecular weight excluding hydrogens is 228 g/mol. The summed E-state index contributed by atoms with van der Waals surface area (Å²) >= 11 is 0. The Balaban J connectivity index is 3.03. The topological polar surface area (TPSA) is 55.6 Å². The standard InChI is InChI=1S/C14H22N2O2/c1-5-10(3)16(4)11-7-8-13(15)12(9-11)14(17)18-6-2/h7-10H,5-6,15H2,1-4H3. The molecule has 0 spiro atoms. The molecule has 0 aliphatic heterocycles. The molecule has 0 saturated carbocycles. The van der Waals surface area contributed by atoms with Crippen molar-refractivity contribution < 1.29 is 9.53 Å². The molecule has 0 aromatic heterocycles. The first-order valence-electron chi connectivity index (χ1n) is 6.30. The van der Waals surface area contributed by atoms with Crippen LogP contribution in [0.4, 0.5) is 11.4 Å². The van der Waals surface area contributed by atoms with Gasteiger partial charge >= 0.3 is 5.97 Å². The normalized spacial score (nSPS) is 12.0. The van der Waals surface area contributed by atoms with Crippen LogP contribution in [0.25, 0.3) is 0 Å². The number of nitrogen functional groups attached to an aromatic ring is 1. The molecule has 0 fully saturated rings. The van der Waals surface area contributed by atoms with Crippen molar-refractivity contribution >= 4 is 17.3 Å². The van der Waals surface area contributed by atoms with E-state index in [0.717, 1.165) is 12.1 Å². The number of hydrogen-bond acceptors (Lipinski definition) is 4. The third-order valence-corrected chi connectivity index (χ3v) is 3.19. The Morgan fingerprint density at radius 2 is 2.11 bits per heavy atom. The summed E-state index contributed by atoms with van der Waals surface area (Å²) in [5.74, 6) is -0.366. The molecule has 1 rings (SSSR count). The smallest absolute Gasteiger partial charge is 0.340 e. The van der Waals surface area contributed by atoms with Gasteiger partial charge < -0.3 is 15.4 Å². The van der Waals surface area contributed by atoms with Gasteiger partial charge in [0.2, 0.25) is 0 Å². The highest BCUT2D eigenvalue weighted by Crippen LogP contribution is 2.23. The number of carbonyl (C=O) groups is 1. The number of rotatable bonds is 5. The van der Waals surface area contributed by atoms with Crippen LogP contribution in [0.3, 0.4) is 0 Å². The van der Waals surface area contributed by atoms with E-state index in [-0.39, 0.29) is 5.97 Å². The summed E-state index contributed by atoms with van der Waals surface area (Å²) < 4.78 is 4.99. The predicted octanol–water partition coefficient (Wildman–Crippen LogP) is 2.68. The van der Waals surface area contributed by atoms with Crippen molar-refractivity contribution in [3.63, 3.8) is 0 Å². The van der Waals surface area contributed by atoms with Crippen LogP contribution >= 0.6 is 0 Å². The van der Waals surface area contributed by atoms with Crippen molar-refractivity contribution in [3.8, 4) is 0 Å². The van der Waals surface area contributed by atoms with Gasteiger partial charge in [0.15, 0.2) is 0 Å². The minimum atomic E-state index is -0.366. The molecule has 0 heterocycles. The minimum absolute atomic E-state index is 0.351. The Kier molecular flexibility index (Phi) is 5.01. The minimum Gasteiger partial charge on any atom is -0.462 e. The van der Waals surface area contributed by atoms with Gasteiger partial charge in [0.05, 0.1) is 12.2 Å². The van der Waals surface area contributed by atoms with E-state index in [0.29, 0.717) is 23.9 Å². The highest BCUT2D eigenvalue weighted by atomic mass is 16.5. The van der Waals surface area contributed by atoms with Gasteiger partial charge in [0.1, 0.15) is 0 Å². The quantitative estimate of drug-likeness (QED) is 0.645. The first-order chi connectivity index (χ1) is 8.51. The molecule has 1 atom stereocenters. The molecule has 0 amide bonds. The van der Waals surface area contributed by atoms with Gasteiger partial charge in [-0.3, -0.25) is 0 Å². The molecule has 18 heavy (non-hydrogen) atoms. The summed E-state index contributed by atoms with van der Waals surface area (Å²) in [6.45, 7) is 6.40. The van der Waals surface area contributed by atoms with E-state index in [1.807, 2.05) is 13.1 Å². The van der Waals surface area contributed by atoms with Gasteiger partial charge in [-0.1, -0.05) is 6.92 Å². The van der Waals surface area contributed by atoms with Gasteiger partial charge in [-0.2, -0.15) is 0 Å². The van der Waals surface area contributed by atoms with Crippen LogP contribution < -0.4 is 10.6 Å². The molecule has 2 N–H and O–H groups in total. The SMILES string of the molecule is CCOC(=O)c1cc(N(C)C(C)CC)ccc1N. The average Bonchev–Trinajstić information content (AvgIpc) is 2.37. The number of nitrogens with two attached hydrogens (primary N) is 1. The average molecular weight is 250 g/mol. The van der Waals surface area contributed by atoms with Crippen molar-refractivity contribution in [1.29, 1.82) is 0 Å². The van der Waals surface area contributed by atoms with Gasteiger partial charge in [0, 0.05) is 24.5 Å². The highest BCUT2D eigenvalue weighted by Gasteiger charge is 2.14. The third-order valence-electron chi connectivity index (χ3n) is 3.19. The first-order valence-corrected chi connectivity index (χ1v) is 6.30. The lowest BCUT2D eigenvalue weighted by Crippen LogP contribution is -2.28. The number of esters is 1. The molecule has 4 heteroatoms. The second-order valence-electron chi connectivity index (χ2n) is 4.36. The van der Waals surface area contributed by atoms with Crippen molar-refractivity contribution in [2.75, 3.05) is 24.3 Å². The monoisotopic (exact) mass is 250 g/mol. The zero-order valence-corrected chi connectivity index (χ0v) is 11.6. The van der Waals surface area contributed by atoms with Crippen molar-refractivity contribution in [2.45, 2.75) is 33.2 Å². The summed E-state index contributed by atoms with van der Waals surface area (Å²) in [6.07, 6.45) is 1.04. The zero-order chi connectivity index (χ0) is 13.7. The number of anilines is 2. The molecular formula is C14H22N2O2. The van der Waals surface area contributed by atoms with Crippen LogP contribution in [0, 0.1) is 0 Å². The Labute approximate surface area is 109 Å². The fourth-order valence-corrected chi connectivity index (χ4v) is 1.68. The summed E-state index contributed by atoms with van der Waals surface area (Å²) in [4.78, 5) is 13.9. The van der Waals surface area contributed by atoms with E-state index >= 15 is 0 Å². The van der Waals surface area contributed by atoms with Gasteiger partial charge in [-0.15, -0.1) is 0 Å². The van der Waals surface area contributed by atoms with Crippen LogP contribution in [0.2, 0.25) is 0 Å². The highest BCUT2D eigenvalue weighted by molar-refractivity contribution is 5.96. The predicted molar refractivity (Wildman–Crippen MR) is 75.0 cm³/mol. The Hall–Kier alpha value is -1.71. The maximum absolute atomic E-state index is 11.8. The Morgan fingerprint density at radius 3 is 2.67 bits per heavy atom. The number of nitrogens with zero attached hydrogens (tertiary/aromatic N) is 1. The van der Waals surface area contributed by atoms with E-state index < -0.39 is 0 Å². The molecule has 100 valence electrons. The van der Waals surface area contributed by atoms with Crippen LogP contribution in [-0.2, 0) is 4.74 Å². The Bertz CT molecular complexity index is 418. The van der Waals surface area contributed by atoms with E-state index in [1.165, 1.54) is 0 Å². The second kappa shape index (κ2) is 6.28. The molecule has 0 aliphatic rings. The van der Waals surface area contributed by atoms with Crippen LogP contribution in [0.1, 0.15) is 37.6 Å². The Morgan fingerprint density at radius 1 is 1.44 bits per heavy atom. The number of benzene rings is 1. The fraction of sp³-hybridized carbons (Fsp3) is 0.500. The lowest BCUT2D eigenvalue weighted by molar-refractivity contribution is 0.0527. The summed E-state index contributed by atoms with van der Waals surface area (Å²) in [6, 6.07) is 5.87. The maximum atomic E-state index is 11.8. The molecule has 4 nitrogen and oxygen atoms in total. The number of ether oxygens (including phenoxy) is 1. The van der Waals surface area contributed by atoms with Crippen LogP contribution in [0.5, 0.6) is 0 Å². The third kappa shape index (κ3) is 3.15. The van der Waals surface area contributed by atoms with Gasteiger partial charge in [-0.05, 0) is 38.5 Å². The molecule has 1 unspecified atom stereocenters. The molecule has 0 bridgehead atoms. The van der Waals surface area contributed by atoms with Gasteiger partial charge in [-0.25, -0.2) is 4.79 Å². The first kappa shape index (κ1) is 14.4. The number of carbonyl (C=O) groups excluding carboxylic acids is 1. The maximum Gasteiger partial charge on any atom is 0.340 e. The van der Waals surface area contributed by atoms with E-state index in [4.69, 9.17) is 10.5 Å². The van der Waals surface area contributed by atoms with E-state index in [9.17, 15) is 4.79 Å². The second-order valence-corrected chi connectivity index (χ2v) is 4.36. The summed E-state index contributed by atoms with van der Waals surface area (Å²) in [5.41, 5.74) is 7.67. The van der Waals surface area contributed by atoms with Crippen molar-refractivity contribution in [2.24, 2.45) is 0 Å². The molecule has 1 aromatic carbocycles. The van der Waals surface area contributed by atoms with Crippen molar-refractivity contribution in [3.05, 3.63) is 23.8 Å². The molecule has 0 radical (unpaired) electrons. The molecule has 0 saturated heterocycles. The molecule has 1 aromatic rings. The summed E-state index contributed by atoms with van der Waals surface area (Å²) in [7, 11) is 2.01. The zero-order valence-electron chi connectivity index (χ0n) is 11.6. The van der Waals surface area contributed by atoms with Crippen molar-refractivity contribution in [1.82, 2.24) is 0 Å². The summed E-state index contributed by atoms with van der Waals surface area (Å²) in [5, 5.41) is 0. The number of hydrogen-bond donors (Lipinski definition) is 1. The lowest BCUT2D eigenvalue weighted by Gasteiger charge is -2.26. The van der Waals surface area contributed by atoms with Crippen LogP contribution in [-0.4, -0.2) is 25.7 Å². The fourth-order valence-electron chi connectivity index (χ4n) is 1.68. The van der Waals surface area contributed by atoms with Crippen LogP contribution in [0.15, 0.2) is 18.2 Å². The van der Waals surface area contributed by atoms with E-state index in [1.54, 1.807) is 19.1 Å². The lowest BCUT2D eigenvalue weighted by atomic mass is 10.1. The largest absolute Gasteiger partial charge is 0.462 e.